The zero-order valence-electron chi connectivity index (χ0n) is 10.0. The zero-order valence-corrected chi connectivity index (χ0v) is 11.6. The molecule has 0 atom stereocenters. The van der Waals surface area contributed by atoms with Crippen LogP contribution in [0.25, 0.3) is 0 Å². The third-order valence-corrected chi connectivity index (χ3v) is 2.85. The lowest BCUT2D eigenvalue weighted by molar-refractivity contribution is -0.117. The summed E-state index contributed by atoms with van der Waals surface area (Å²) in [6.07, 6.45) is 0. The van der Waals surface area contributed by atoms with Gasteiger partial charge in [0.15, 0.2) is 0 Å². The van der Waals surface area contributed by atoms with E-state index in [0.717, 1.165) is 15.7 Å². The van der Waals surface area contributed by atoms with Crippen molar-refractivity contribution in [3.05, 3.63) is 28.2 Å². The Morgan fingerprint density at radius 1 is 1.53 bits per heavy atom. The van der Waals surface area contributed by atoms with E-state index in [9.17, 15) is 4.79 Å². The lowest BCUT2D eigenvalue weighted by Crippen LogP contribution is -2.32. The molecule has 5 heteroatoms. The molecule has 0 unspecified atom stereocenters. The molecule has 0 saturated carbocycles. The number of hydrogen-bond donors (Lipinski definition) is 2. The van der Waals surface area contributed by atoms with Crippen LogP contribution in [0.15, 0.2) is 22.7 Å². The van der Waals surface area contributed by atoms with E-state index in [1.807, 2.05) is 25.1 Å². The van der Waals surface area contributed by atoms with Gasteiger partial charge >= 0.3 is 0 Å². The fraction of sp³-hybridized carbons (Fsp3) is 0.417. The number of rotatable bonds is 5. The average molecular weight is 301 g/mol. The number of likely N-dealkylation sites (N-methyl/N-ethyl adjacent to an activating group) is 1. The Bertz CT molecular complexity index is 396. The van der Waals surface area contributed by atoms with Crippen LogP contribution in [-0.2, 0) is 4.79 Å². The summed E-state index contributed by atoms with van der Waals surface area (Å²) >= 11 is 3.37. The van der Waals surface area contributed by atoms with Crippen molar-refractivity contribution in [1.82, 2.24) is 4.90 Å². The molecule has 0 aromatic heterocycles. The molecule has 1 aromatic rings. The van der Waals surface area contributed by atoms with Crippen LogP contribution in [0.4, 0.5) is 5.69 Å². The Labute approximate surface area is 110 Å². The quantitative estimate of drug-likeness (QED) is 0.869. The fourth-order valence-electron chi connectivity index (χ4n) is 1.45. The van der Waals surface area contributed by atoms with Gasteiger partial charge in [-0.25, -0.2) is 0 Å². The lowest BCUT2D eigenvalue weighted by atomic mass is 10.2. The highest BCUT2D eigenvalue weighted by atomic mass is 79.9. The molecule has 1 rings (SSSR count). The molecule has 2 N–H and O–H groups in total. The maximum absolute atomic E-state index is 11.7. The van der Waals surface area contributed by atoms with Crippen LogP contribution in [0.3, 0.4) is 0 Å². The molecule has 0 saturated heterocycles. The second kappa shape index (κ2) is 6.74. The minimum atomic E-state index is -0.0774. The van der Waals surface area contributed by atoms with Crippen molar-refractivity contribution < 1.29 is 9.90 Å². The minimum Gasteiger partial charge on any atom is -0.395 e. The van der Waals surface area contributed by atoms with Crippen LogP contribution in [0, 0.1) is 6.92 Å². The summed E-state index contributed by atoms with van der Waals surface area (Å²) in [4.78, 5) is 13.5. The van der Waals surface area contributed by atoms with Gasteiger partial charge in [-0.05, 0) is 37.7 Å². The molecule has 0 heterocycles. The van der Waals surface area contributed by atoms with E-state index >= 15 is 0 Å². The first-order chi connectivity index (χ1) is 8.02. The second-order valence-corrected chi connectivity index (χ2v) is 4.88. The van der Waals surface area contributed by atoms with Gasteiger partial charge < -0.3 is 10.4 Å². The van der Waals surface area contributed by atoms with E-state index < -0.39 is 0 Å². The highest BCUT2D eigenvalue weighted by Gasteiger charge is 2.07. The molecule has 0 radical (unpaired) electrons. The lowest BCUT2D eigenvalue weighted by Gasteiger charge is -2.15. The van der Waals surface area contributed by atoms with Crippen molar-refractivity contribution in [3.8, 4) is 0 Å². The Balaban J connectivity index is 2.56. The average Bonchev–Trinajstić information content (AvgIpc) is 2.22. The van der Waals surface area contributed by atoms with Gasteiger partial charge in [0.25, 0.3) is 0 Å². The summed E-state index contributed by atoms with van der Waals surface area (Å²) in [5, 5.41) is 11.6. The first kappa shape index (κ1) is 14.2. The van der Waals surface area contributed by atoms with Crippen LogP contribution in [0.1, 0.15) is 5.56 Å². The molecule has 0 aliphatic heterocycles. The number of halogens is 1. The molecule has 0 bridgehead atoms. The molecule has 0 spiro atoms. The van der Waals surface area contributed by atoms with E-state index in [2.05, 4.69) is 21.2 Å². The molecule has 0 aliphatic carbocycles. The molecule has 4 nitrogen and oxygen atoms in total. The highest BCUT2D eigenvalue weighted by molar-refractivity contribution is 9.10. The van der Waals surface area contributed by atoms with E-state index in [0.29, 0.717) is 6.54 Å². The SMILES string of the molecule is Cc1cc(Br)ccc1NC(=O)CN(C)CCO. The van der Waals surface area contributed by atoms with Crippen LogP contribution in [0.2, 0.25) is 0 Å². The first-order valence-corrected chi connectivity index (χ1v) is 6.17. The number of nitrogens with zero attached hydrogens (tertiary/aromatic N) is 1. The Kier molecular flexibility index (Phi) is 5.61. The summed E-state index contributed by atoms with van der Waals surface area (Å²) in [6.45, 7) is 2.77. The van der Waals surface area contributed by atoms with Gasteiger partial charge in [0.05, 0.1) is 13.2 Å². The van der Waals surface area contributed by atoms with Crippen molar-refractivity contribution >= 4 is 27.5 Å². The Morgan fingerprint density at radius 3 is 2.82 bits per heavy atom. The number of amides is 1. The monoisotopic (exact) mass is 300 g/mol. The molecule has 0 fully saturated rings. The Morgan fingerprint density at radius 2 is 2.24 bits per heavy atom. The van der Waals surface area contributed by atoms with Crippen LogP contribution >= 0.6 is 15.9 Å². The number of anilines is 1. The molecular weight excluding hydrogens is 284 g/mol. The molecule has 17 heavy (non-hydrogen) atoms. The standard InChI is InChI=1S/C12H17BrN2O2/c1-9-7-10(13)3-4-11(9)14-12(17)8-15(2)5-6-16/h3-4,7,16H,5-6,8H2,1-2H3,(H,14,17). The van der Waals surface area contributed by atoms with Crippen LogP contribution in [0.5, 0.6) is 0 Å². The number of nitrogens with one attached hydrogen (secondary N) is 1. The van der Waals surface area contributed by atoms with Gasteiger partial charge in [0.1, 0.15) is 0 Å². The maximum atomic E-state index is 11.7. The third kappa shape index (κ3) is 4.85. The van der Waals surface area contributed by atoms with E-state index in [-0.39, 0.29) is 19.1 Å². The normalized spacial score (nSPS) is 10.6. The van der Waals surface area contributed by atoms with Crippen LogP contribution in [-0.4, -0.2) is 42.7 Å². The van der Waals surface area contributed by atoms with Crippen molar-refractivity contribution in [2.24, 2.45) is 0 Å². The van der Waals surface area contributed by atoms with Gasteiger partial charge in [0, 0.05) is 16.7 Å². The molecule has 1 aromatic carbocycles. The number of carbonyl (C=O) groups excluding carboxylic acids is 1. The number of benzene rings is 1. The Hall–Kier alpha value is -0.910. The van der Waals surface area contributed by atoms with E-state index in [1.54, 1.807) is 11.9 Å². The van der Waals surface area contributed by atoms with E-state index in [1.165, 1.54) is 0 Å². The maximum Gasteiger partial charge on any atom is 0.238 e. The van der Waals surface area contributed by atoms with Crippen molar-refractivity contribution in [1.29, 1.82) is 0 Å². The predicted octanol–water partition coefficient (Wildman–Crippen LogP) is 1.62. The number of aliphatic hydroxyl groups excluding tert-OH is 1. The smallest absolute Gasteiger partial charge is 0.238 e. The largest absolute Gasteiger partial charge is 0.395 e. The number of carbonyl (C=O) groups is 1. The van der Waals surface area contributed by atoms with Crippen molar-refractivity contribution in [2.75, 3.05) is 32.1 Å². The summed E-state index contributed by atoms with van der Waals surface area (Å²) < 4.78 is 0.991. The minimum absolute atomic E-state index is 0.0566. The summed E-state index contributed by atoms with van der Waals surface area (Å²) in [6, 6.07) is 5.70. The van der Waals surface area contributed by atoms with Gasteiger partial charge in [-0.1, -0.05) is 15.9 Å². The third-order valence-electron chi connectivity index (χ3n) is 2.36. The summed E-state index contributed by atoms with van der Waals surface area (Å²) in [5.74, 6) is -0.0774. The van der Waals surface area contributed by atoms with Gasteiger partial charge in [-0.15, -0.1) is 0 Å². The van der Waals surface area contributed by atoms with Crippen molar-refractivity contribution in [3.63, 3.8) is 0 Å². The van der Waals surface area contributed by atoms with Gasteiger partial charge in [-0.3, -0.25) is 9.69 Å². The summed E-state index contributed by atoms with van der Waals surface area (Å²) in [7, 11) is 1.80. The van der Waals surface area contributed by atoms with Crippen molar-refractivity contribution in [2.45, 2.75) is 6.92 Å². The zero-order chi connectivity index (χ0) is 12.8. The fourth-order valence-corrected chi connectivity index (χ4v) is 1.93. The summed E-state index contributed by atoms with van der Waals surface area (Å²) in [5.41, 5.74) is 1.83. The molecule has 1 amide bonds. The predicted molar refractivity (Wildman–Crippen MR) is 72.1 cm³/mol. The number of aryl methyl sites for hydroxylation is 1. The molecule has 94 valence electrons. The van der Waals surface area contributed by atoms with Crippen LogP contribution < -0.4 is 5.32 Å². The van der Waals surface area contributed by atoms with E-state index in [4.69, 9.17) is 5.11 Å². The highest BCUT2D eigenvalue weighted by Crippen LogP contribution is 2.19. The number of hydrogen-bond acceptors (Lipinski definition) is 3. The van der Waals surface area contributed by atoms with Gasteiger partial charge in [0.2, 0.25) is 5.91 Å². The second-order valence-electron chi connectivity index (χ2n) is 3.97. The molecular formula is C12H17BrN2O2. The molecule has 0 aliphatic rings. The number of aliphatic hydroxyl groups is 1. The van der Waals surface area contributed by atoms with Gasteiger partial charge in [-0.2, -0.15) is 0 Å². The first-order valence-electron chi connectivity index (χ1n) is 5.38. The topological polar surface area (TPSA) is 52.6 Å².